The minimum absolute atomic E-state index is 0.112. The minimum Gasteiger partial charge on any atom is -0.399 e. The zero-order valence-electron chi connectivity index (χ0n) is 12.5. The molecule has 0 aromatic heterocycles. The molecule has 0 heterocycles. The lowest BCUT2D eigenvalue weighted by atomic mass is 9.87. The zero-order chi connectivity index (χ0) is 14.9. The van der Waals surface area contributed by atoms with Gasteiger partial charge in [-0.05, 0) is 49.4 Å². The number of sulfonamides is 1. The summed E-state index contributed by atoms with van der Waals surface area (Å²) in [5, 5.41) is 0. The SMILES string of the molecule is Cc1cc(N)ccc1S(=O)(=O)N(C)C1CCCC(C)C1. The smallest absolute Gasteiger partial charge is 0.243 e. The van der Waals surface area contributed by atoms with Gasteiger partial charge in [0.25, 0.3) is 0 Å². The van der Waals surface area contributed by atoms with Crippen LogP contribution in [0.3, 0.4) is 0 Å². The van der Waals surface area contributed by atoms with Gasteiger partial charge < -0.3 is 5.73 Å². The highest BCUT2D eigenvalue weighted by Gasteiger charge is 2.31. The van der Waals surface area contributed by atoms with Crippen molar-refractivity contribution in [1.82, 2.24) is 4.31 Å². The van der Waals surface area contributed by atoms with E-state index in [2.05, 4.69) is 6.92 Å². The van der Waals surface area contributed by atoms with Crippen LogP contribution in [0.25, 0.3) is 0 Å². The molecule has 0 radical (unpaired) electrons. The van der Waals surface area contributed by atoms with Crippen LogP contribution < -0.4 is 5.73 Å². The van der Waals surface area contributed by atoms with Crippen molar-refractivity contribution < 1.29 is 8.42 Å². The van der Waals surface area contributed by atoms with Crippen molar-refractivity contribution in [1.29, 1.82) is 0 Å². The largest absolute Gasteiger partial charge is 0.399 e. The molecule has 0 bridgehead atoms. The molecule has 1 aromatic carbocycles. The first-order valence-corrected chi connectivity index (χ1v) is 8.60. The summed E-state index contributed by atoms with van der Waals surface area (Å²) >= 11 is 0. The van der Waals surface area contributed by atoms with Crippen LogP contribution in [0.2, 0.25) is 0 Å². The molecule has 1 aliphatic carbocycles. The normalized spacial score (nSPS) is 24.0. The van der Waals surface area contributed by atoms with E-state index in [1.54, 1.807) is 36.5 Å². The van der Waals surface area contributed by atoms with Crippen molar-refractivity contribution in [2.75, 3.05) is 12.8 Å². The lowest BCUT2D eigenvalue weighted by Crippen LogP contribution is -2.40. The van der Waals surface area contributed by atoms with Gasteiger partial charge in [0.2, 0.25) is 10.0 Å². The third-order valence-electron chi connectivity index (χ3n) is 4.28. The second-order valence-electron chi connectivity index (χ2n) is 5.97. The van der Waals surface area contributed by atoms with Crippen LogP contribution in [-0.2, 0) is 10.0 Å². The van der Waals surface area contributed by atoms with Crippen LogP contribution in [0.15, 0.2) is 23.1 Å². The fraction of sp³-hybridized carbons (Fsp3) is 0.600. The van der Waals surface area contributed by atoms with E-state index in [1.807, 2.05) is 0 Å². The molecule has 1 aromatic rings. The van der Waals surface area contributed by atoms with E-state index < -0.39 is 10.0 Å². The fourth-order valence-electron chi connectivity index (χ4n) is 3.05. The first-order chi connectivity index (χ1) is 9.32. The summed E-state index contributed by atoms with van der Waals surface area (Å²) in [5.74, 6) is 0.596. The van der Waals surface area contributed by atoms with Crippen molar-refractivity contribution in [3.63, 3.8) is 0 Å². The van der Waals surface area contributed by atoms with Crippen LogP contribution in [0.5, 0.6) is 0 Å². The summed E-state index contributed by atoms with van der Waals surface area (Å²) in [7, 11) is -1.73. The molecule has 0 amide bonds. The van der Waals surface area contributed by atoms with Gasteiger partial charge in [0.1, 0.15) is 0 Å². The van der Waals surface area contributed by atoms with Crippen molar-refractivity contribution in [2.45, 2.75) is 50.5 Å². The van der Waals surface area contributed by atoms with Gasteiger partial charge in [-0.1, -0.05) is 19.8 Å². The average molecular weight is 296 g/mol. The second kappa shape index (κ2) is 5.74. The van der Waals surface area contributed by atoms with Gasteiger partial charge >= 0.3 is 0 Å². The van der Waals surface area contributed by atoms with E-state index in [1.165, 1.54) is 6.42 Å². The van der Waals surface area contributed by atoms with Gasteiger partial charge in [-0.2, -0.15) is 4.31 Å². The number of anilines is 1. The molecule has 112 valence electrons. The first-order valence-electron chi connectivity index (χ1n) is 7.16. The monoisotopic (exact) mass is 296 g/mol. The highest BCUT2D eigenvalue weighted by molar-refractivity contribution is 7.89. The summed E-state index contributed by atoms with van der Waals surface area (Å²) in [5.41, 5.74) is 7.00. The summed E-state index contributed by atoms with van der Waals surface area (Å²) in [6.07, 6.45) is 4.20. The average Bonchev–Trinajstić information content (AvgIpc) is 2.37. The Morgan fingerprint density at radius 2 is 2.00 bits per heavy atom. The standard InChI is InChI=1S/C15H24N2O2S/c1-11-5-4-6-14(9-11)17(3)20(18,19)15-8-7-13(16)10-12(15)2/h7-8,10-11,14H,4-6,9,16H2,1-3H3. The summed E-state index contributed by atoms with van der Waals surface area (Å²) in [6, 6.07) is 5.09. The molecule has 0 spiro atoms. The Labute approximate surface area is 122 Å². The summed E-state index contributed by atoms with van der Waals surface area (Å²) in [4.78, 5) is 0.368. The maximum absolute atomic E-state index is 12.8. The molecule has 2 atom stereocenters. The topological polar surface area (TPSA) is 63.4 Å². The highest BCUT2D eigenvalue weighted by atomic mass is 32.2. The van der Waals surface area contributed by atoms with Gasteiger partial charge in [-0.3, -0.25) is 0 Å². The Bertz CT molecular complexity index is 584. The number of nitrogens with two attached hydrogens (primary N) is 1. The lowest BCUT2D eigenvalue weighted by molar-refractivity contribution is 0.239. The number of hydrogen-bond acceptors (Lipinski definition) is 3. The number of rotatable bonds is 3. The molecule has 2 unspecified atom stereocenters. The minimum atomic E-state index is -3.43. The Hall–Kier alpha value is -1.07. The summed E-state index contributed by atoms with van der Waals surface area (Å²) < 4.78 is 27.1. The first kappa shape index (κ1) is 15.3. The molecule has 0 aliphatic heterocycles. The molecule has 1 aliphatic rings. The number of nitrogens with zero attached hydrogens (tertiary/aromatic N) is 1. The quantitative estimate of drug-likeness (QED) is 0.872. The van der Waals surface area contributed by atoms with Crippen LogP contribution in [0, 0.1) is 12.8 Å². The van der Waals surface area contributed by atoms with E-state index in [0.717, 1.165) is 19.3 Å². The van der Waals surface area contributed by atoms with Gasteiger partial charge in [0, 0.05) is 18.8 Å². The Balaban J connectivity index is 2.29. The van der Waals surface area contributed by atoms with Crippen molar-refractivity contribution in [3.8, 4) is 0 Å². The van der Waals surface area contributed by atoms with Gasteiger partial charge in [-0.15, -0.1) is 0 Å². The van der Waals surface area contributed by atoms with Crippen LogP contribution >= 0.6 is 0 Å². The molecule has 20 heavy (non-hydrogen) atoms. The summed E-state index contributed by atoms with van der Waals surface area (Å²) in [6.45, 7) is 3.99. The van der Waals surface area contributed by atoms with E-state index in [0.29, 0.717) is 22.1 Å². The molecule has 4 nitrogen and oxygen atoms in total. The van der Waals surface area contributed by atoms with E-state index in [9.17, 15) is 8.42 Å². The Kier molecular flexibility index (Phi) is 4.39. The molecular weight excluding hydrogens is 272 g/mol. The fourth-order valence-corrected chi connectivity index (χ4v) is 4.65. The van der Waals surface area contributed by atoms with Gasteiger partial charge in [0.15, 0.2) is 0 Å². The Morgan fingerprint density at radius 3 is 2.60 bits per heavy atom. The third kappa shape index (κ3) is 2.99. The molecule has 1 fully saturated rings. The number of nitrogen functional groups attached to an aromatic ring is 1. The van der Waals surface area contributed by atoms with E-state index in [-0.39, 0.29) is 6.04 Å². The highest BCUT2D eigenvalue weighted by Crippen LogP contribution is 2.30. The molecule has 0 saturated heterocycles. The molecule has 2 rings (SSSR count). The van der Waals surface area contributed by atoms with Crippen LogP contribution in [0.1, 0.15) is 38.2 Å². The maximum atomic E-state index is 12.8. The maximum Gasteiger partial charge on any atom is 0.243 e. The van der Waals surface area contributed by atoms with Gasteiger partial charge in [-0.25, -0.2) is 8.42 Å². The molecule has 2 N–H and O–H groups in total. The van der Waals surface area contributed by atoms with Crippen molar-refractivity contribution in [3.05, 3.63) is 23.8 Å². The van der Waals surface area contributed by atoms with Crippen LogP contribution in [-0.4, -0.2) is 25.8 Å². The van der Waals surface area contributed by atoms with Crippen molar-refractivity contribution in [2.24, 2.45) is 5.92 Å². The zero-order valence-corrected chi connectivity index (χ0v) is 13.3. The molecule has 5 heteroatoms. The number of aryl methyl sites for hydroxylation is 1. The lowest BCUT2D eigenvalue weighted by Gasteiger charge is -2.33. The van der Waals surface area contributed by atoms with Crippen LogP contribution in [0.4, 0.5) is 5.69 Å². The molecular formula is C15H24N2O2S. The third-order valence-corrected chi connectivity index (χ3v) is 6.35. The second-order valence-corrected chi connectivity index (χ2v) is 7.94. The predicted octanol–water partition coefficient (Wildman–Crippen LogP) is 2.78. The predicted molar refractivity (Wildman–Crippen MR) is 82.0 cm³/mol. The number of benzene rings is 1. The van der Waals surface area contributed by atoms with Gasteiger partial charge in [0.05, 0.1) is 4.90 Å². The van der Waals surface area contributed by atoms with Crippen molar-refractivity contribution >= 4 is 15.7 Å². The van der Waals surface area contributed by atoms with E-state index in [4.69, 9.17) is 5.73 Å². The Morgan fingerprint density at radius 1 is 1.30 bits per heavy atom. The van der Waals surface area contributed by atoms with E-state index >= 15 is 0 Å². The number of hydrogen-bond donors (Lipinski definition) is 1. The molecule has 1 saturated carbocycles.